The minimum absolute atomic E-state index is 0.0319. The van der Waals surface area contributed by atoms with E-state index in [2.05, 4.69) is 21.2 Å². The van der Waals surface area contributed by atoms with Crippen molar-refractivity contribution in [3.05, 3.63) is 64.6 Å². The van der Waals surface area contributed by atoms with Crippen LogP contribution >= 0.6 is 15.9 Å². The third-order valence-corrected chi connectivity index (χ3v) is 7.05. The van der Waals surface area contributed by atoms with E-state index in [-0.39, 0.29) is 18.5 Å². The molecule has 1 N–H and O–H groups in total. The van der Waals surface area contributed by atoms with E-state index in [1.54, 1.807) is 24.3 Å². The molecule has 0 aliphatic rings. The molecule has 2 amide bonds. The number of amides is 2. The number of carbonyl (C=O) groups excluding carboxylic acids is 2. The Labute approximate surface area is 205 Å². The van der Waals surface area contributed by atoms with Crippen molar-refractivity contribution >= 4 is 43.5 Å². The van der Waals surface area contributed by atoms with Gasteiger partial charge in [0.25, 0.3) is 0 Å². The number of nitrogens with zero attached hydrogens (tertiary/aromatic N) is 2. The van der Waals surface area contributed by atoms with Crippen LogP contribution in [0.2, 0.25) is 0 Å². The molecule has 0 heterocycles. The molecule has 0 spiro atoms. The minimum Gasteiger partial charge on any atom is -0.352 e. The first kappa shape index (κ1) is 26.9. The quantitative estimate of drug-likeness (QED) is 0.470. The van der Waals surface area contributed by atoms with Crippen LogP contribution in [-0.2, 0) is 26.2 Å². The molecule has 0 unspecified atom stereocenters. The predicted molar refractivity (Wildman–Crippen MR) is 135 cm³/mol. The Morgan fingerprint density at radius 1 is 1.00 bits per heavy atom. The zero-order valence-electron chi connectivity index (χ0n) is 19.5. The molecule has 180 valence electrons. The Bertz CT molecular complexity index is 1030. The van der Waals surface area contributed by atoms with Crippen LogP contribution < -0.4 is 9.62 Å². The number of halogens is 1. The lowest BCUT2D eigenvalue weighted by Gasteiger charge is -2.33. The van der Waals surface area contributed by atoms with Gasteiger partial charge in [0.2, 0.25) is 21.8 Å². The first-order valence-electron chi connectivity index (χ1n) is 10.9. The summed E-state index contributed by atoms with van der Waals surface area (Å²) in [7, 11) is -3.74. The zero-order valence-corrected chi connectivity index (χ0v) is 21.9. The van der Waals surface area contributed by atoms with Gasteiger partial charge in [-0.2, -0.15) is 0 Å². The monoisotopic (exact) mass is 537 g/mol. The molecule has 2 aromatic carbocycles. The van der Waals surface area contributed by atoms with Crippen molar-refractivity contribution in [1.29, 1.82) is 0 Å². The average Bonchev–Trinajstić information content (AvgIpc) is 2.77. The van der Waals surface area contributed by atoms with E-state index in [0.717, 1.165) is 27.0 Å². The van der Waals surface area contributed by atoms with Gasteiger partial charge in [-0.25, -0.2) is 8.42 Å². The van der Waals surface area contributed by atoms with E-state index < -0.39 is 28.5 Å². The fraction of sp³-hybridized carbons (Fsp3) is 0.417. The molecular formula is C24H32BrN3O4S. The van der Waals surface area contributed by atoms with Crippen LogP contribution in [0.4, 0.5) is 5.69 Å². The van der Waals surface area contributed by atoms with E-state index >= 15 is 0 Å². The Kier molecular flexibility index (Phi) is 9.91. The van der Waals surface area contributed by atoms with Crippen molar-refractivity contribution in [2.45, 2.75) is 52.2 Å². The van der Waals surface area contributed by atoms with E-state index in [4.69, 9.17) is 0 Å². The lowest BCUT2D eigenvalue weighted by molar-refractivity contribution is -0.140. The highest BCUT2D eigenvalue weighted by molar-refractivity contribution is 9.10. The molecule has 0 fully saturated rings. The van der Waals surface area contributed by atoms with Crippen molar-refractivity contribution in [2.24, 2.45) is 0 Å². The summed E-state index contributed by atoms with van der Waals surface area (Å²) in [6.07, 6.45) is 2.23. The summed E-state index contributed by atoms with van der Waals surface area (Å²) < 4.78 is 27.0. The highest BCUT2D eigenvalue weighted by Crippen LogP contribution is 2.22. The second-order valence-electron chi connectivity index (χ2n) is 8.00. The second-order valence-corrected chi connectivity index (χ2v) is 10.8. The van der Waals surface area contributed by atoms with E-state index in [1.165, 1.54) is 4.90 Å². The zero-order chi connectivity index (χ0) is 24.6. The summed E-state index contributed by atoms with van der Waals surface area (Å²) in [5, 5.41) is 2.95. The smallest absolute Gasteiger partial charge is 0.244 e. The number of hydrogen-bond acceptors (Lipinski definition) is 4. The van der Waals surface area contributed by atoms with Crippen molar-refractivity contribution in [3.63, 3.8) is 0 Å². The third-order valence-electron chi connectivity index (χ3n) is 5.38. The molecule has 7 nitrogen and oxygen atoms in total. The van der Waals surface area contributed by atoms with Gasteiger partial charge in [0, 0.05) is 17.1 Å². The molecule has 9 heteroatoms. The Balaban J connectivity index is 2.39. The highest BCUT2D eigenvalue weighted by Gasteiger charge is 2.32. The molecule has 0 bridgehead atoms. The topological polar surface area (TPSA) is 86.8 Å². The van der Waals surface area contributed by atoms with E-state index in [1.807, 2.05) is 51.1 Å². The van der Waals surface area contributed by atoms with Crippen LogP contribution in [0.1, 0.15) is 39.2 Å². The largest absolute Gasteiger partial charge is 0.352 e. The fourth-order valence-corrected chi connectivity index (χ4v) is 4.48. The van der Waals surface area contributed by atoms with Gasteiger partial charge >= 0.3 is 0 Å². The van der Waals surface area contributed by atoms with Gasteiger partial charge < -0.3 is 10.2 Å². The molecule has 2 rings (SSSR count). The molecule has 2 atom stereocenters. The second kappa shape index (κ2) is 12.2. The number of rotatable bonds is 11. The molecule has 0 aromatic heterocycles. The van der Waals surface area contributed by atoms with Gasteiger partial charge in [-0.05, 0) is 49.6 Å². The lowest BCUT2D eigenvalue weighted by Crippen LogP contribution is -2.53. The molecular weight excluding hydrogens is 506 g/mol. The number of anilines is 1. The normalized spacial score (nSPS) is 13.1. The van der Waals surface area contributed by atoms with Gasteiger partial charge in [0.05, 0.1) is 11.9 Å². The molecule has 0 radical (unpaired) electrons. The molecule has 33 heavy (non-hydrogen) atoms. The van der Waals surface area contributed by atoms with E-state index in [9.17, 15) is 18.0 Å². The maximum Gasteiger partial charge on any atom is 0.244 e. The van der Waals surface area contributed by atoms with Crippen LogP contribution in [0, 0.1) is 0 Å². The molecule has 0 saturated heterocycles. The number of benzene rings is 2. The van der Waals surface area contributed by atoms with Crippen LogP contribution in [0.5, 0.6) is 0 Å². The summed E-state index contributed by atoms with van der Waals surface area (Å²) in [4.78, 5) is 28.0. The lowest BCUT2D eigenvalue weighted by atomic mass is 10.1. The number of nitrogens with one attached hydrogen (secondary N) is 1. The SMILES string of the molecule is CC[C@H](C)NC(=O)[C@H](CC)N(Cc1ccccc1)C(=O)CN(c1ccc(Br)cc1)S(C)(=O)=O. The van der Waals surface area contributed by atoms with Crippen molar-refractivity contribution in [2.75, 3.05) is 17.1 Å². The molecule has 0 aliphatic heterocycles. The average molecular weight is 539 g/mol. The van der Waals surface area contributed by atoms with Crippen LogP contribution in [-0.4, -0.2) is 50.0 Å². The predicted octanol–water partition coefficient (Wildman–Crippen LogP) is 3.94. The summed E-state index contributed by atoms with van der Waals surface area (Å²) >= 11 is 3.34. The van der Waals surface area contributed by atoms with Gasteiger partial charge in [0.15, 0.2) is 0 Å². The molecule has 2 aromatic rings. The number of sulfonamides is 1. The maximum atomic E-state index is 13.5. The maximum absolute atomic E-state index is 13.5. The van der Waals surface area contributed by atoms with Crippen molar-refractivity contribution in [3.8, 4) is 0 Å². The molecule has 0 aliphatic carbocycles. The standard InChI is InChI=1S/C24H32BrN3O4S/c1-5-18(3)26-24(30)22(6-2)27(16-19-10-8-7-9-11-19)23(29)17-28(33(4,31)32)21-14-12-20(25)13-15-21/h7-15,18,22H,5-6,16-17H2,1-4H3,(H,26,30)/t18-,22-/m0/s1. The van der Waals surface area contributed by atoms with Gasteiger partial charge in [-0.15, -0.1) is 0 Å². The van der Waals surface area contributed by atoms with Gasteiger partial charge in [-0.1, -0.05) is 60.1 Å². The third kappa shape index (κ3) is 7.85. The van der Waals surface area contributed by atoms with Crippen LogP contribution in [0.3, 0.4) is 0 Å². The number of carbonyl (C=O) groups is 2. The van der Waals surface area contributed by atoms with Crippen molar-refractivity contribution in [1.82, 2.24) is 10.2 Å². The first-order chi connectivity index (χ1) is 15.6. The number of hydrogen-bond donors (Lipinski definition) is 1. The van der Waals surface area contributed by atoms with Crippen molar-refractivity contribution < 1.29 is 18.0 Å². The van der Waals surface area contributed by atoms with Crippen LogP contribution in [0.15, 0.2) is 59.1 Å². The first-order valence-corrected chi connectivity index (χ1v) is 13.6. The van der Waals surface area contributed by atoms with Gasteiger partial charge in [0.1, 0.15) is 12.6 Å². The fourth-order valence-electron chi connectivity index (χ4n) is 3.36. The Morgan fingerprint density at radius 2 is 1.61 bits per heavy atom. The minimum atomic E-state index is -3.74. The highest BCUT2D eigenvalue weighted by atomic mass is 79.9. The summed E-state index contributed by atoms with van der Waals surface area (Å²) in [5.41, 5.74) is 1.24. The summed E-state index contributed by atoms with van der Waals surface area (Å²) in [5.74, 6) is -0.691. The molecule has 0 saturated carbocycles. The summed E-state index contributed by atoms with van der Waals surface area (Å²) in [6, 6.07) is 15.3. The Morgan fingerprint density at radius 3 is 2.12 bits per heavy atom. The Hall–Kier alpha value is -2.39. The van der Waals surface area contributed by atoms with Crippen LogP contribution in [0.25, 0.3) is 0 Å². The van der Waals surface area contributed by atoms with E-state index in [0.29, 0.717) is 12.1 Å². The summed E-state index contributed by atoms with van der Waals surface area (Å²) in [6.45, 7) is 5.52. The van der Waals surface area contributed by atoms with Gasteiger partial charge in [-0.3, -0.25) is 13.9 Å².